The average molecular weight is 571 g/mol. The van der Waals surface area contributed by atoms with E-state index < -0.39 is 13.5 Å². The standard InChI is InChI=1S/2C5H4BrN.C5H8.CH3.2ClH.Ru/c2*6-5-2-1-3-7-4-5;1-4-5(2)3;;;;/h2*1-4H;1,4H,2-3H3;1H3;2*1H;/q;;;-1;;;+2/p-2. The minimum absolute atomic E-state index is 0. The van der Waals surface area contributed by atoms with Crippen LogP contribution in [0.3, 0.4) is 0 Å². The number of hydrogen-bond donors (Lipinski definition) is 0. The van der Waals surface area contributed by atoms with Crippen LogP contribution in [0.4, 0.5) is 0 Å². The van der Waals surface area contributed by atoms with Crippen LogP contribution in [0.1, 0.15) is 13.8 Å². The summed E-state index contributed by atoms with van der Waals surface area (Å²) in [5, 5.41) is 0. The SMILES string of the molecule is Brc1cccnc1.Brc1cccnc1.CC(C)=C[CH]=[Ru]([Cl])[Cl].[CH3-]. The summed E-state index contributed by atoms with van der Waals surface area (Å²) < 4.78 is 3.92. The Balaban J connectivity index is 0. The van der Waals surface area contributed by atoms with E-state index in [1.54, 1.807) is 24.8 Å². The zero-order chi connectivity index (χ0) is 16.8. The molecule has 2 aromatic heterocycles. The van der Waals surface area contributed by atoms with Gasteiger partial charge in [0.1, 0.15) is 0 Å². The molecule has 0 bridgehead atoms. The normalized spacial score (nSPS) is 8.87. The van der Waals surface area contributed by atoms with Gasteiger partial charge in [0.2, 0.25) is 0 Å². The molecule has 0 saturated carbocycles. The van der Waals surface area contributed by atoms with E-state index in [1.165, 1.54) is 5.57 Å². The third-order valence-corrected chi connectivity index (χ3v) is 4.45. The first-order valence-corrected chi connectivity index (χ1v) is 13.1. The molecule has 0 amide bonds. The molecule has 0 aromatic carbocycles. The van der Waals surface area contributed by atoms with E-state index in [1.807, 2.05) is 48.8 Å². The van der Waals surface area contributed by atoms with Gasteiger partial charge in [-0.15, -0.1) is 0 Å². The van der Waals surface area contributed by atoms with Crippen molar-refractivity contribution in [1.82, 2.24) is 9.97 Å². The Bertz CT molecular complexity index is 518. The molecule has 0 saturated heterocycles. The van der Waals surface area contributed by atoms with Crippen molar-refractivity contribution in [2.24, 2.45) is 0 Å². The van der Waals surface area contributed by atoms with Crippen LogP contribution in [-0.2, 0) is 13.5 Å². The number of pyridine rings is 2. The summed E-state index contributed by atoms with van der Waals surface area (Å²) in [6.07, 6.45) is 8.94. The van der Waals surface area contributed by atoms with E-state index in [4.69, 9.17) is 19.4 Å². The van der Waals surface area contributed by atoms with E-state index in [0.29, 0.717) is 0 Å². The van der Waals surface area contributed by atoms with Gasteiger partial charge in [-0.25, -0.2) is 0 Å². The smallest absolute Gasteiger partial charge is 0.358 e. The van der Waals surface area contributed by atoms with Crippen LogP contribution in [0.5, 0.6) is 0 Å². The first kappa shape index (κ1) is 25.3. The molecule has 0 aliphatic rings. The van der Waals surface area contributed by atoms with Gasteiger partial charge in [-0.1, -0.05) is 0 Å². The molecular weight excluding hydrogens is 552 g/mol. The maximum atomic E-state index is 5.53. The fraction of sp³-hybridized carbons (Fsp3) is 0.125. The first-order chi connectivity index (χ1) is 10.4. The second-order valence-corrected chi connectivity index (χ2v) is 11.5. The minimum Gasteiger partial charge on any atom is -0.358 e. The van der Waals surface area contributed by atoms with E-state index in [2.05, 4.69) is 41.8 Å². The van der Waals surface area contributed by atoms with Gasteiger partial charge in [0.05, 0.1) is 0 Å². The third kappa shape index (κ3) is 20.0. The second kappa shape index (κ2) is 16.9. The third-order valence-electron chi connectivity index (χ3n) is 1.73. The maximum Gasteiger partial charge on any atom is -0.358 e. The van der Waals surface area contributed by atoms with E-state index in [0.717, 1.165) is 8.95 Å². The first-order valence-electron chi connectivity index (χ1n) is 5.99. The van der Waals surface area contributed by atoms with Crippen molar-refractivity contribution in [2.45, 2.75) is 13.8 Å². The van der Waals surface area contributed by atoms with Crippen LogP contribution in [0.15, 0.2) is 69.6 Å². The molecule has 0 radical (unpaired) electrons. The van der Waals surface area contributed by atoms with Crippen LogP contribution in [0.25, 0.3) is 0 Å². The molecule has 0 N–H and O–H groups in total. The predicted octanol–water partition coefficient (Wildman–Crippen LogP) is 6.82. The Kier molecular flexibility index (Phi) is 18.6. The molecule has 0 unspecified atom stereocenters. The molecule has 2 nitrogen and oxygen atoms in total. The van der Waals surface area contributed by atoms with Crippen molar-refractivity contribution in [3.8, 4) is 0 Å². The van der Waals surface area contributed by atoms with Crippen molar-refractivity contribution in [2.75, 3.05) is 0 Å². The molecule has 2 rings (SSSR count). The summed E-state index contributed by atoms with van der Waals surface area (Å²) in [5.41, 5.74) is 1.24. The van der Waals surface area contributed by atoms with Gasteiger partial charge in [-0.3, -0.25) is 9.97 Å². The van der Waals surface area contributed by atoms with E-state index >= 15 is 0 Å². The van der Waals surface area contributed by atoms with Gasteiger partial charge in [-0.05, 0) is 56.1 Å². The molecule has 7 heteroatoms. The van der Waals surface area contributed by atoms with Crippen LogP contribution in [-0.4, -0.2) is 14.6 Å². The topological polar surface area (TPSA) is 25.8 Å². The Morgan fingerprint density at radius 2 is 1.43 bits per heavy atom. The minimum atomic E-state index is -1.52. The van der Waals surface area contributed by atoms with Crippen molar-refractivity contribution in [1.29, 1.82) is 0 Å². The fourth-order valence-electron chi connectivity index (χ4n) is 0.846. The van der Waals surface area contributed by atoms with Gasteiger partial charge in [0.15, 0.2) is 0 Å². The van der Waals surface area contributed by atoms with Gasteiger partial charge in [-0.2, -0.15) is 0 Å². The molecule has 0 atom stereocenters. The van der Waals surface area contributed by atoms with Crippen LogP contribution in [0.2, 0.25) is 0 Å². The largest absolute Gasteiger partial charge is 0.358 e. The van der Waals surface area contributed by atoms with Crippen molar-refractivity contribution in [3.05, 3.63) is 77.1 Å². The van der Waals surface area contributed by atoms with Crippen molar-refractivity contribution < 1.29 is 13.5 Å². The molecule has 2 aromatic rings. The monoisotopic (exact) mass is 569 g/mol. The molecule has 130 valence electrons. The number of aromatic nitrogens is 2. The number of rotatable bonds is 1. The Hall–Kier alpha value is 0.0734. The van der Waals surface area contributed by atoms with Crippen LogP contribution < -0.4 is 0 Å². The number of nitrogens with zero attached hydrogens (tertiary/aromatic N) is 2. The zero-order valence-electron chi connectivity index (χ0n) is 13.0. The molecule has 0 aliphatic heterocycles. The molecule has 2 heterocycles. The maximum absolute atomic E-state index is 5.53. The van der Waals surface area contributed by atoms with E-state index in [-0.39, 0.29) is 7.43 Å². The van der Waals surface area contributed by atoms with E-state index in [9.17, 15) is 0 Å². The quantitative estimate of drug-likeness (QED) is 0.278. The van der Waals surface area contributed by atoms with Gasteiger partial charge >= 0.3 is 63.0 Å². The summed E-state index contributed by atoms with van der Waals surface area (Å²) in [7, 11) is 11.1. The Labute approximate surface area is 169 Å². The second-order valence-electron chi connectivity index (χ2n) is 3.91. The fourth-order valence-corrected chi connectivity index (χ4v) is 2.71. The average Bonchev–Trinajstić information content (AvgIpc) is 2.48. The molecule has 0 spiro atoms. The zero-order valence-corrected chi connectivity index (χ0v) is 19.5. The molecule has 23 heavy (non-hydrogen) atoms. The Morgan fingerprint density at radius 1 is 1.00 bits per heavy atom. The predicted molar refractivity (Wildman–Crippen MR) is 107 cm³/mol. The summed E-state index contributed by atoms with van der Waals surface area (Å²) >= 11 is 4.98. The Morgan fingerprint density at radius 3 is 1.57 bits per heavy atom. The molecule has 0 fully saturated rings. The van der Waals surface area contributed by atoms with Crippen LogP contribution >= 0.6 is 51.2 Å². The number of hydrogen-bond acceptors (Lipinski definition) is 2. The summed E-state index contributed by atoms with van der Waals surface area (Å²) in [5.74, 6) is 0. The molecular formula is C16H19Br2Cl2N2Ru-. The van der Waals surface area contributed by atoms with Gasteiger partial charge in [0.25, 0.3) is 0 Å². The van der Waals surface area contributed by atoms with Crippen molar-refractivity contribution in [3.63, 3.8) is 0 Å². The summed E-state index contributed by atoms with van der Waals surface area (Å²) in [6, 6.07) is 7.63. The van der Waals surface area contributed by atoms with Gasteiger partial charge < -0.3 is 7.43 Å². The number of allylic oxidation sites excluding steroid dienone is 2. The summed E-state index contributed by atoms with van der Waals surface area (Å²) in [4.78, 5) is 7.67. The number of halogens is 4. The summed E-state index contributed by atoms with van der Waals surface area (Å²) in [6.45, 7) is 4.03. The van der Waals surface area contributed by atoms with Crippen molar-refractivity contribution >= 4 is 55.9 Å². The van der Waals surface area contributed by atoms with Gasteiger partial charge in [0, 0.05) is 33.7 Å². The molecule has 0 aliphatic carbocycles. The van der Waals surface area contributed by atoms with Crippen LogP contribution in [0, 0.1) is 7.43 Å².